The van der Waals surface area contributed by atoms with Crippen molar-refractivity contribution in [2.24, 2.45) is 0 Å². The first kappa shape index (κ1) is 15.2. The molecule has 1 saturated carbocycles. The van der Waals surface area contributed by atoms with Gasteiger partial charge in [-0.3, -0.25) is 9.69 Å². The first-order valence-corrected chi connectivity index (χ1v) is 7.91. The molecule has 1 aliphatic carbocycles. The largest absolute Gasteiger partial charge is 0.480 e. The van der Waals surface area contributed by atoms with Crippen LogP contribution in [-0.4, -0.2) is 38.2 Å². The summed E-state index contributed by atoms with van der Waals surface area (Å²) in [5, 5.41) is 13.2. The lowest BCUT2D eigenvalue weighted by Crippen LogP contribution is -2.40. The van der Waals surface area contributed by atoms with Crippen molar-refractivity contribution in [3.63, 3.8) is 0 Å². The highest BCUT2D eigenvalue weighted by Crippen LogP contribution is 2.30. The predicted octanol–water partition coefficient (Wildman–Crippen LogP) is 2.94. The summed E-state index contributed by atoms with van der Waals surface area (Å²) < 4.78 is 6.23. The van der Waals surface area contributed by atoms with Gasteiger partial charge in [0.1, 0.15) is 6.04 Å². The zero-order chi connectivity index (χ0) is 15.7. The minimum absolute atomic E-state index is 0.298. The van der Waals surface area contributed by atoms with Gasteiger partial charge in [-0.2, -0.15) is 4.98 Å². The number of carboxylic acid groups (broad SMARTS) is 1. The molecule has 0 saturated heterocycles. The number of hydrogen-bond donors (Lipinski definition) is 1. The van der Waals surface area contributed by atoms with E-state index in [1.807, 2.05) is 29.2 Å². The van der Waals surface area contributed by atoms with Crippen LogP contribution in [0.5, 0.6) is 0 Å². The Morgan fingerprint density at radius 2 is 2.32 bits per heavy atom. The molecule has 1 N–H and O–H groups in total. The SMILES string of the molecule is CC(C(=O)O)N(Cc1nc(-c2cccc(Br)c2)no1)C1CC1. The molecule has 1 aromatic heterocycles. The molecule has 1 unspecified atom stereocenters. The molecule has 0 spiro atoms. The Morgan fingerprint density at radius 3 is 2.95 bits per heavy atom. The number of benzene rings is 1. The van der Waals surface area contributed by atoms with Crippen LogP contribution in [0.4, 0.5) is 0 Å². The summed E-state index contributed by atoms with van der Waals surface area (Å²) >= 11 is 3.41. The van der Waals surface area contributed by atoms with Gasteiger partial charge in [0.05, 0.1) is 6.54 Å². The van der Waals surface area contributed by atoms with E-state index in [0.29, 0.717) is 24.3 Å². The van der Waals surface area contributed by atoms with Gasteiger partial charge < -0.3 is 9.63 Å². The third-order valence-corrected chi connectivity index (χ3v) is 4.23. The van der Waals surface area contributed by atoms with Gasteiger partial charge in [-0.05, 0) is 31.9 Å². The monoisotopic (exact) mass is 365 g/mol. The Kier molecular flexibility index (Phi) is 4.26. The summed E-state index contributed by atoms with van der Waals surface area (Å²) in [7, 11) is 0. The third-order valence-electron chi connectivity index (χ3n) is 3.74. The summed E-state index contributed by atoms with van der Waals surface area (Å²) in [6.45, 7) is 2.05. The highest BCUT2D eigenvalue weighted by molar-refractivity contribution is 9.10. The highest BCUT2D eigenvalue weighted by Gasteiger charge is 2.36. The molecule has 116 valence electrons. The van der Waals surface area contributed by atoms with Crippen molar-refractivity contribution in [3.05, 3.63) is 34.6 Å². The minimum atomic E-state index is -0.835. The lowest BCUT2D eigenvalue weighted by atomic mass is 10.2. The minimum Gasteiger partial charge on any atom is -0.480 e. The van der Waals surface area contributed by atoms with E-state index in [-0.39, 0.29) is 0 Å². The van der Waals surface area contributed by atoms with E-state index in [4.69, 9.17) is 4.52 Å². The number of rotatable bonds is 6. The van der Waals surface area contributed by atoms with Crippen LogP contribution < -0.4 is 0 Å². The van der Waals surface area contributed by atoms with Crippen LogP contribution in [0, 0.1) is 0 Å². The zero-order valence-corrected chi connectivity index (χ0v) is 13.7. The highest BCUT2D eigenvalue weighted by atomic mass is 79.9. The summed E-state index contributed by atoms with van der Waals surface area (Å²) in [6.07, 6.45) is 2.04. The molecule has 1 aliphatic rings. The summed E-state index contributed by atoms with van der Waals surface area (Å²) in [5.74, 6) is 0.114. The van der Waals surface area contributed by atoms with Crippen molar-refractivity contribution in [1.82, 2.24) is 15.0 Å². The quantitative estimate of drug-likeness (QED) is 0.847. The number of halogens is 1. The average Bonchev–Trinajstić information content (AvgIpc) is 3.22. The molecule has 1 atom stereocenters. The van der Waals surface area contributed by atoms with Crippen LogP contribution in [-0.2, 0) is 11.3 Å². The van der Waals surface area contributed by atoms with Crippen molar-refractivity contribution >= 4 is 21.9 Å². The second kappa shape index (κ2) is 6.18. The van der Waals surface area contributed by atoms with E-state index < -0.39 is 12.0 Å². The Balaban J connectivity index is 1.77. The van der Waals surface area contributed by atoms with Crippen LogP contribution in [0.1, 0.15) is 25.7 Å². The summed E-state index contributed by atoms with van der Waals surface area (Å²) in [4.78, 5) is 17.5. The molecule has 1 heterocycles. The number of aromatic nitrogens is 2. The third kappa shape index (κ3) is 3.36. The van der Waals surface area contributed by atoms with E-state index >= 15 is 0 Å². The van der Waals surface area contributed by atoms with Gasteiger partial charge in [0, 0.05) is 16.1 Å². The molecule has 2 aromatic rings. The Bertz CT molecular complexity index is 684. The standard InChI is InChI=1S/C15H16BrN3O3/c1-9(15(20)21)19(12-5-6-12)8-13-17-14(18-22-13)10-3-2-4-11(16)7-10/h2-4,7,9,12H,5-6,8H2,1H3,(H,20,21). The molecule has 0 bridgehead atoms. The van der Waals surface area contributed by atoms with Crippen molar-refractivity contribution in [3.8, 4) is 11.4 Å². The molecule has 7 heteroatoms. The molecule has 3 rings (SSSR count). The van der Waals surface area contributed by atoms with Gasteiger partial charge >= 0.3 is 5.97 Å². The maximum Gasteiger partial charge on any atom is 0.320 e. The second-order valence-electron chi connectivity index (χ2n) is 5.44. The molecular formula is C15H16BrN3O3. The Morgan fingerprint density at radius 1 is 1.55 bits per heavy atom. The normalized spacial score (nSPS) is 16.0. The average molecular weight is 366 g/mol. The fraction of sp³-hybridized carbons (Fsp3) is 0.400. The molecule has 0 amide bonds. The number of aliphatic carboxylic acids is 1. The van der Waals surface area contributed by atoms with Crippen LogP contribution >= 0.6 is 15.9 Å². The van der Waals surface area contributed by atoms with Crippen LogP contribution in [0.15, 0.2) is 33.3 Å². The topological polar surface area (TPSA) is 79.5 Å². The fourth-order valence-corrected chi connectivity index (χ4v) is 2.75. The van der Waals surface area contributed by atoms with Crippen LogP contribution in [0.3, 0.4) is 0 Å². The predicted molar refractivity (Wildman–Crippen MR) is 83.1 cm³/mol. The van der Waals surface area contributed by atoms with Crippen molar-refractivity contribution in [2.75, 3.05) is 0 Å². The van der Waals surface area contributed by atoms with Crippen LogP contribution in [0.2, 0.25) is 0 Å². The number of carbonyl (C=O) groups is 1. The van der Waals surface area contributed by atoms with E-state index in [9.17, 15) is 9.90 Å². The molecule has 0 aliphatic heterocycles. The van der Waals surface area contributed by atoms with E-state index in [1.165, 1.54) is 0 Å². The first-order valence-electron chi connectivity index (χ1n) is 7.11. The second-order valence-corrected chi connectivity index (χ2v) is 6.36. The first-order chi connectivity index (χ1) is 10.5. The van der Waals surface area contributed by atoms with Gasteiger partial charge in [-0.1, -0.05) is 33.2 Å². The molecule has 0 radical (unpaired) electrons. The lowest BCUT2D eigenvalue weighted by molar-refractivity contribution is -0.143. The summed E-state index contributed by atoms with van der Waals surface area (Å²) in [5.41, 5.74) is 0.855. The number of carboxylic acids is 1. The van der Waals surface area contributed by atoms with E-state index in [0.717, 1.165) is 22.9 Å². The fourth-order valence-electron chi connectivity index (χ4n) is 2.35. The molecular weight excluding hydrogens is 350 g/mol. The van der Waals surface area contributed by atoms with Crippen molar-refractivity contribution in [2.45, 2.75) is 38.4 Å². The zero-order valence-electron chi connectivity index (χ0n) is 12.1. The van der Waals surface area contributed by atoms with Crippen molar-refractivity contribution in [1.29, 1.82) is 0 Å². The van der Waals surface area contributed by atoms with Gasteiger partial charge in [0.2, 0.25) is 11.7 Å². The lowest BCUT2D eigenvalue weighted by Gasteiger charge is -2.24. The van der Waals surface area contributed by atoms with Gasteiger partial charge in [-0.15, -0.1) is 0 Å². The molecule has 22 heavy (non-hydrogen) atoms. The van der Waals surface area contributed by atoms with Gasteiger partial charge in [0.15, 0.2) is 0 Å². The van der Waals surface area contributed by atoms with E-state index in [2.05, 4.69) is 26.1 Å². The molecule has 6 nitrogen and oxygen atoms in total. The summed E-state index contributed by atoms with van der Waals surface area (Å²) in [6, 6.07) is 7.37. The number of hydrogen-bond acceptors (Lipinski definition) is 5. The molecule has 1 fully saturated rings. The maximum atomic E-state index is 11.2. The molecule has 1 aromatic carbocycles. The Hall–Kier alpha value is -1.73. The maximum absolute atomic E-state index is 11.2. The van der Waals surface area contributed by atoms with E-state index in [1.54, 1.807) is 6.92 Å². The van der Waals surface area contributed by atoms with Crippen molar-refractivity contribution < 1.29 is 14.4 Å². The van der Waals surface area contributed by atoms with Gasteiger partial charge in [0.25, 0.3) is 0 Å². The smallest absolute Gasteiger partial charge is 0.320 e. The Labute approximate surface area is 136 Å². The van der Waals surface area contributed by atoms with Gasteiger partial charge in [-0.25, -0.2) is 0 Å². The number of nitrogens with zero attached hydrogens (tertiary/aromatic N) is 3. The van der Waals surface area contributed by atoms with Crippen LogP contribution in [0.25, 0.3) is 11.4 Å².